The third-order valence-corrected chi connectivity index (χ3v) is 4.59. The van der Waals surface area contributed by atoms with Crippen molar-refractivity contribution in [3.63, 3.8) is 0 Å². The second-order valence-electron chi connectivity index (χ2n) is 6.59. The van der Waals surface area contributed by atoms with Crippen LogP contribution in [0.25, 0.3) is 0 Å². The fourth-order valence-electron chi connectivity index (χ4n) is 3.11. The summed E-state index contributed by atoms with van der Waals surface area (Å²) >= 11 is 0. The van der Waals surface area contributed by atoms with Crippen LogP contribution in [0, 0.1) is 6.92 Å². The van der Waals surface area contributed by atoms with E-state index in [-0.39, 0.29) is 5.91 Å². The minimum atomic E-state index is 0.0176. The Morgan fingerprint density at radius 1 is 0.964 bits per heavy atom. The molecule has 0 aromatic carbocycles. The number of carbonyl (C=O) groups excluding carboxylic acids is 1. The molecule has 4 heterocycles. The van der Waals surface area contributed by atoms with Gasteiger partial charge >= 0.3 is 0 Å². The van der Waals surface area contributed by atoms with E-state index in [4.69, 9.17) is 0 Å². The molecule has 0 aliphatic carbocycles. The monoisotopic (exact) mass is 375 g/mol. The molecule has 4 rings (SSSR count). The predicted molar refractivity (Wildman–Crippen MR) is 107 cm³/mol. The van der Waals surface area contributed by atoms with E-state index in [0.29, 0.717) is 37.6 Å². The number of hydrogen-bond acceptors (Lipinski definition) is 7. The van der Waals surface area contributed by atoms with Gasteiger partial charge in [0.15, 0.2) is 11.6 Å². The number of aryl methyl sites for hydroxylation is 1. The third-order valence-electron chi connectivity index (χ3n) is 4.59. The zero-order valence-electron chi connectivity index (χ0n) is 15.6. The Morgan fingerprint density at radius 3 is 2.50 bits per heavy atom. The summed E-state index contributed by atoms with van der Waals surface area (Å²) in [5.41, 5.74) is 1.56. The maximum atomic E-state index is 12.5. The summed E-state index contributed by atoms with van der Waals surface area (Å²) in [5.74, 6) is 2.21. The number of pyridine rings is 2. The lowest BCUT2D eigenvalue weighted by Gasteiger charge is -2.35. The minimum absolute atomic E-state index is 0.0176. The van der Waals surface area contributed by atoms with Crippen molar-refractivity contribution in [2.75, 3.05) is 36.4 Å². The van der Waals surface area contributed by atoms with Crippen LogP contribution >= 0.6 is 0 Å². The van der Waals surface area contributed by atoms with Crippen molar-refractivity contribution in [2.45, 2.75) is 6.92 Å². The number of nitrogens with one attached hydrogen (secondary N) is 1. The first-order valence-electron chi connectivity index (χ1n) is 9.18. The lowest BCUT2D eigenvalue weighted by atomic mass is 10.2. The number of carbonyl (C=O) groups is 1. The topological polar surface area (TPSA) is 87.1 Å². The molecule has 0 saturated carbocycles. The molecule has 8 heteroatoms. The molecule has 0 atom stereocenters. The van der Waals surface area contributed by atoms with Gasteiger partial charge < -0.3 is 15.1 Å². The maximum absolute atomic E-state index is 12.5. The van der Waals surface area contributed by atoms with Crippen LogP contribution in [0.3, 0.4) is 0 Å². The van der Waals surface area contributed by atoms with E-state index in [2.05, 4.69) is 30.4 Å². The number of nitrogens with zero attached hydrogens (tertiary/aromatic N) is 6. The molecule has 142 valence electrons. The quantitative estimate of drug-likeness (QED) is 0.748. The lowest BCUT2D eigenvalue weighted by Crippen LogP contribution is -2.49. The van der Waals surface area contributed by atoms with E-state index in [0.717, 1.165) is 17.3 Å². The number of piperazine rings is 1. The first-order valence-corrected chi connectivity index (χ1v) is 9.18. The molecule has 3 aromatic heterocycles. The number of rotatable bonds is 4. The number of anilines is 3. The summed E-state index contributed by atoms with van der Waals surface area (Å²) in [6.07, 6.45) is 3.27. The van der Waals surface area contributed by atoms with Crippen LogP contribution in [-0.4, -0.2) is 57.2 Å². The van der Waals surface area contributed by atoms with Crippen LogP contribution < -0.4 is 10.2 Å². The summed E-state index contributed by atoms with van der Waals surface area (Å²) in [7, 11) is 0. The molecule has 1 amide bonds. The number of amides is 1. The van der Waals surface area contributed by atoms with Crippen molar-refractivity contribution in [1.82, 2.24) is 25.1 Å². The highest BCUT2D eigenvalue weighted by Gasteiger charge is 2.23. The molecule has 0 bridgehead atoms. The minimum Gasteiger partial charge on any atom is -0.352 e. The van der Waals surface area contributed by atoms with Gasteiger partial charge in [-0.3, -0.25) is 9.78 Å². The summed E-state index contributed by atoms with van der Waals surface area (Å²) in [5, 5.41) is 11.7. The first-order chi connectivity index (χ1) is 13.7. The average Bonchev–Trinajstić information content (AvgIpc) is 2.75. The summed E-state index contributed by atoms with van der Waals surface area (Å²) in [6, 6.07) is 13.2. The van der Waals surface area contributed by atoms with E-state index >= 15 is 0 Å². The SMILES string of the molecule is Cc1cccc(Nc2ccc(N3CCN(C(=O)c4cccnc4)CC3)nn2)n1. The molecule has 1 fully saturated rings. The standard InChI is InChI=1S/C20H21N7O/c1-15-4-2-6-17(22-15)23-18-7-8-19(25-24-18)26-10-12-27(13-11-26)20(28)16-5-3-9-21-14-16/h2-9,14H,10-13H2,1H3,(H,22,23,24). The molecule has 1 aliphatic heterocycles. The van der Waals surface area contributed by atoms with Gasteiger partial charge in [0.1, 0.15) is 5.82 Å². The van der Waals surface area contributed by atoms with Crippen LogP contribution in [0.2, 0.25) is 0 Å². The third kappa shape index (κ3) is 4.06. The highest BCUT2D eigenvalue weighted by atomic mass is 16.2. The van der Waals surface area contributed by atoms with Gasteiger partial charge in [-0.2, -0.15) is 0 Å². The second kappa shape index (κ2) is 7.99. The van der Waals surface area contributed by atoms with E-state index in [1.54, 1.807) is 24.5 Å². The average molecular weight is 375 g/mol. The van der Waals surface area contributed by atoms with Gasteiger partial charge in [-0.15, -0.1) is 10.2 Å². The molecule has 28 heavy (non-hydrogen) atoms. The largest absolute Gasteiger partial charge is 0.352 e. The van der Waals surface area contributed by atoms with Gasteiger partial charge in [-0.25, -0.2) is 4.98 Å². The predicted octanol–water partition coefficient (Wildman–Crippen LogP) is 2.28. The molecular weight excluding hydrogens is 354 g/mol. The van der Waals surface area contributed by atoms with Crippen molar-refractivity contribution >= 4 is 23.4 Å². The molecule has 1 N–H and O–H groups in total. The van der Waals surface area contributed by atoms with Crippen LogP contribution in [0.5, 0.6) is 0 Å². The molecule has 0 radical (unpaired) electrons. The Morgan fingerprint density at radius 2 is 1.82 bits per heavy atom. The van der Waals surface area contributed by atoms with Crippen molar-refractivity contribution < 1.29 is 4.79 Å². The summed E-state index contributed by atoms with van der Waals surface area (Å²) < 4.78 is 0. The Labute approximate surface area is 163 Å². The highest BCUT2D eigenvalue weighted by molar-refractivity contribution is 5.94. The van der Waals surface area contributed by atoms with Crippen LogP contribution in [-0.2, 0) is 0 Å². The van der Waals surface area contributed by atoms with Gasteiger partial charge in [0, 0.05) is 44.3 Å². The molecular formula is C20H21N7O. The zero-order valence-corrected chi connectivity index (χ0v) is 15.6. The van der Waals surface area contributed by atoms with E-state index in [1.165, 1.54) is 0 Å². The lowest BCUT2D eigenvalue weighted by molar-refractivity contribution is 0.0746. The van der Waals surface area contributed by atoms with Crippen LogP contribution in [0.15, 0.2) is 54.9 Å². The van der Waals surface area contributed by atoms with Gasteiger partial charge in [0.25, 0.3) is 5.91 Å². The molecule has 3 aromatic rings. The van der Waals surface area contributed by atoms with Gasteiger partial charge in [0.2, 0.25) is 0 Å². The fourth-order valence-corrected chi connectivity index (χ4v) is 3.11. The second-order valence-corrected chi connectivity index (χ2v) is 6.59. The van der Waals surface area contributed by atoms with E-state index in [9.17, 15) is 4.79 Å². The number of hydrogen-bond donors (Lipinski definition) is 1. The Hall–Kier alpha value is -3.55. The van der Waals surface area contributed by atoms with Crippen molar-refractivity contribution in [3.05, 3.63) is 66.1 Å². The van der Waals surface area contributed by atoms with Gasteiger partial charge in [-0.05, 0) is 43.3 Å². The maximum Gasteiger partial charge on any atom is 0.255 e. The molecule has 0 unspecified atom stereocenters. The molecule has 1 aliphatic rings. The molecule has 0 spiro atoms. The van der Waals surface area contributed by atoms with E-state index in [1.807, 2.05) is 42.2 Å². The first kappa shape index (κ1) is 17.8. The summed E-state index contributed by atoms with van der Waals surface area (Å²) in [6.45, 7) is 4.66. The molecule has 1 saturated heterocycles. The highest BCUT2D eigenvalue weighted by Crippen LogP contribution is 2.17. The fraction of sp³-hybridized carbons (Fsp3) is 0.250. The summed E-state index contributed by atoms with van der Waals surface area (Å²) in [4.78, 5) is 24.9. The molecule has 8 nitrogen and oxygen atoms in total. The van der Waals surface area contributed by atoms with Crippen molar-refractivity contribution in [1.29, 1.82) is 0 Å². The van der Waals surface area contributed by atoms with Crippen molar-refractivity contribution in [2.24, 2.45) is 0 Å². The van der Waals surface area contributed by atoms with Gasteiger partial charge in [0.05, 0.1) is 5.56 Å². The zero-order chi connectivity index (χ0) is 19.3. The Bertz CT molecular complexity index is 938. The Balaban J connectivity index is 1.35. The number of aromatic nitrogens is 4. The van der Waals surface area contributed by atoms with Crippen LogP contribution in [0.1, 0.15) is 16.1 Å². The smallest absolute Gasteiger partial charge is 0.255 e. The van der Waals surface area contributed by atoms with Gasteiger partial charge in [-0.1, -0.05) is 6.07 Å². The van der Waals surface area contributed by atoms with Crippen molar-refractivity contribution in [3.8, 4) is 0 Å². The Kier molecular flexibility index (Phi) is 5.09. The van der Waals surface area contributed by atoms with Crippen LogP contribution in [0.4, 0.5) is 17.5 Å². The van der Waals surface area contributed by atoms with E-state index < -0.39 is 0 Å². The normalized spacial score (nSPS) is 14.0.